The van der Waals surface area contributed by atoms with Gasteiger partial charge in [0.2, 0.25) is 5.91 Å². The van der Waals surface area contributed by atoms with Gasteiger partial charge in [-0.3, -0.25) is 4.79 Å². The lowest BCUT2D eigenvalue weighted by Gasteiger charge is -2.12. The van der Waals surface area contributed by atoms with Gasteiger partial charge in [-0.05, 0) is 25.5 Å². The number of carbonyl (C=O) groups excluding carboxylic acids is 1. The number of nitrogens with one attached hydrogen (secondary N) is 1. The number of aromatic nitrogens is 2. The Morgan fingerprint density at radius 1 is 1.45 bits per heavy atom. The predicted octanol–water partition coefficient (Wildman–Crippen LogP) is 3.17. The van der Waals surface area contributed by atoms with E-state index in [0.29, 0.717) is 6.42 Å². The van der Waals surface area contributed by atoms with E-state index >= 15 is 0 Å². The van der Waals surface area contributed by atoms with Gasteiger partial charge in [0.15, 0.2) is 5.13 Å². The van der Waals surface area contributed by atoms with Crippen molar-refractivity contribution in [1.82, 2.24) is 14.9 Å². The highest BCUT2D eigenvalue weighted by atomic mass is 32.1. The molecule has 0 bridgehead atoms. The minimum Gasteiger partial charge on any atom is -0.353 e. The van der Waals surface area contributed by atoms with E-state index in [1.165, 1.54) is 0 Å². The van der Waals surface area contributed by atoms with E-state index in [2.05, 4.69) is 24.1 Å². The molecule has 0 fully saturated rings. The van der Waals surface area contributed by atoms with Crippen LogP contribution in [-0.2, 0) is 11.2 Å². The standard InChI is InChI=1S/C15H21N3OS/c1-3-4-7-12(2)16-14(19)10-13-11-20-15(17-13)18-8-5-6-9-18/h5-6,8-9,11-12H,3-4,7,10H2,1-2H3,(H,16,19)/t12-/m0/s1. The van der Waals surface area contributed by atoms with Crippen molar-refractivity contribution in [3.63, 3.8) is 0 Å². The summed E-state index contributed by atoms with van der Waals surface area (Å²) >= 11 is 1.55. The van der Waals surface area contributed by atoms with Crippen LogP contribution >= 0.6 is 11.3 Å². The van der Waals surface area contributed by atoms with E-state index in [1.807, 2.05) is 34.5 Å². The molecule has 1 N–H and O–H groups in total. The molecule has 20 heavy (non-hydrogen) atoms. The molecule has 0 aliphatic carbocycles. The molecule has 0 aromatic carbocycles. The molecule has 1 amide bonds. The fourth-order valence-electron chi connectivity index (χ4n) is 2.03. The fourth-order valence-corrected chi connectivity index (χ4v) is 2.82. The van der Waals surface area contributed by atoms with E-state index in [9.17, 15) is 4.79 Å². The molecular formula is C15H21N3OS. The molecule has 2 aromatic rings. The molecule has 2 rings (SSSR count). The smallest absolute Gasteiger partial charge is 0.226 e. The summed E-state index contributed by atoms with van der Waals surface area (Å²) in [5, 5.41) is 5.88. The topological polar surface area (TPSA) is 46.9 Å². The summed E-state index contributed by atoms with van der Waals surface area (Å²) in [6, 6.07) is 4.16. The van der Waals surface area contributed by atoms with Crippen molar-refractivity contribution in [3.05, 3.63) is 35.6 Å². The monoisotopic (exact) mass is 291 g/mol. The first-order valence-corrected chi connectivity index (χ1v) is 7.94. The van der Waals surface area contributed by atoms with Crippen LogP contribution in [0.5, 0.6) is 0 Å². The van der Waals surface area contributed by atoms with Gasteiger partial charge in [-0.25, -0.2) is 4.98 Å². The summed E-state index contributed by atoms with van der Waals surface area (Å²) in [4.78, 5) is 16.4. The molecule has 0 saturated carbocycles. The molecule has 2 heterocycles. The summed E-state index contributed by atoms with van der Waals surface area (Å²) in [5.41, 5.74) is 0.832. The number of nitrogens with zero attached hydrogens (tertiary/aromatic N) is 2. The average molecular weight is 291 g/mol. The normalized spacial score (nSPS) is 12.3. The van der Waals surface area contributed by atoms with E-state index in [4.69, 9.17) is 0 Å². The zero-order valence-electron chi connectivity index (χ0n) is 12.0. The van der Waals surface area contributed by atoms with E-state index in [1.54, 1.807) is 11.3 Å². The Morgan fingerprint density at radius 2 is 2.20 bits per heavy atom. The highest BCUT2D eigenvalue weighted by Gasteiger charge is 2.10. The maximum absolute atomic E-state index is 11.9. The van der Waals surface area contributed by atoms with Crippen LogP contribution in [0.2, 0.25) is 0 Å². The molecule has 1 atom stereocenters. The number of unbranched alkanes of at least 4 members (excludes halogenated alkanes) is 1. The molecule has 0 aliphatic rings. The summed E-state index contributed by atoms with van der Waals surface area (Å²) < 4.78 is 1.95. The van der Waals surface area contributed by atoms with Crippen molar-refractivity contribution in [2.45, 2.75) is 45.6 Å². The highest BCUT2D eigenvalue weighted by Crippen LogP contribution is 2.15. The number of thiazole rings is 1. The van der Waals surface area contributed by atoms with Gasteiger partial charge in [0.25, 0.3) is 0 Å². The molecule has 0 radical (unpaired) electrons. The third-order valence-corrected chi connectivity index (χ3v) is 4.01. The Morgan fingerprint density at radius 3 is 2.90 bits per heavy atom. The third kappa shape index (κ3) is 4.20. The molecule has 0 saturated heterocycles. The van der Waals surface area contributed by atoms with Crippen LogP contribution in [0.25, 0.3) is 5.13 Å². The van der Waals surface area contributed by atoms with Crippen molar-refractivity contribution in [2.75, 3.05) is 0 Å². The summed E-state index contributed by atoms with van der Waals surface area (Å²) in [7, 11) is 0. The quantitative estimate of drug-likeness (QED) is 0.851. The van der Waals surface area contributed by atoms with Gasteiger partial charge in [0.05, 0.1) is 12.1 Å². The van der Waals surface area contributed by atoms with Gasteiger partial charge in [0.1, 0.15) is 0 Å². The van der Waals surface area contributed by atoms with Gasteiger partial charge < -0.3 is 9.88 Å². The number of carbonyl (C=O) groups is 1. The third-order valence-electron chi connectivity index (χ3n) is 3.10. The van der Waals surface area contributed by atoms with Crippen molar-refractivity contribution in [2.24, 2.45) is 0 Å². The zero-order chi connectivity index (χ0) is 14.4. The maximum atomic E-state index is 11.9. The Hall–Kier alpha value is -1.62. The number of rotatable bonds is 7. The van der Waals surface area contributed by atoms with Gasteiger partial charge >= 0.3 is 0 Å². The van der Waals surface area contributed by atoms with E-state index in [0.717, 1.165) is 30.1 Å². The zero-order valence-corrected chi connectivity index (χ0v) is 12.8. The first-order valence-electron chi connectivity index (χ1n) is 7.06. The summed E-state index contributed by atoms with van der Waals surface area (Å²) in [5.74, 6) is 0.0537. The van der Waals surface area contributed by atoms with Gasteiger partial charge in [0, 0.05) is 23.8 Å². The van der Waals surface area contributed by atoms with Crippen molar-refractivity contribution in [3.8, 4) is 5.13 Å². The molecular weight excluding hydrogens is 270 g/mol. The molecule has 5 heteroatoms. The van der Waals surface area contributed by atoms with Gasteiger partial charge in [-0.2, -0.15) is 0 Å². The maximum Gasteiger partial charge on any atom is 0.226 e. The lowest BCUT2D eigenvalue weighted by Crippen LogP contribution is -2.33. The highest BCUT2D eigenvalue weighted by molar-refractivity contribution is 7.12. The van der Waals surface area contributed by atoms with E-state index in [-0.39, 0.29) is 11.9 Å². The Balaban J connectivity index is 1.86. The second kappa shape index (κ2) is 7.24. The lowest BCUT2D eigenvalue weighted by molar-refractivity contribution is -0.121. The Labute approximate surface area is 123 Å². The van der Waals surface area contributed by atoms with Gasteiger partial charge in [-0.15, -0.1) is 11.3 Å². The second-order valence-corrected chi connectivity index (χ2v) is 5.84. The number of hydrogen-bond acceptors (Lipinski definition) is 3. The average Bonchev–Trinajstić information content (AvgIpc) is 3.06. The number of hydrogen-bond donors (Lipinski definition) is 1. The first-order chi connectivity index (χ1) is 9.69. The number of amides is 1. The lowest BCUT2D eigenvalue weighted by atomic mass is 10.1. The van der Waals surface area contributed by atoms with Crippen LogP contribution in [-0.4, -0.2) is 21.5 Å². The first kappa shape index (κ1) is 14.8. The van der Waals surface area contributed by atoms with Gasteiger partial charge in [-0.1, -0.05) is 19.8 Å². The van der Waals surface area contributed by atoms with Crippen LogP contribution in [0.4, 0.5) is 0 Å². The van der Waals surface area contributed by atoms with Crippen molar-refractivity contribution < 1.29 is 4.79 Å². The van der Waals surface area contributed by atoms with E-state index < -0.39 is 0 Å². The molecule has 0 aliphatic heterocycles. The molecule has 4 nitrogen and oxygen atoms in total. The summed E-state index contributed by atoms with van der Waals surface area (Å²) in [6.07, 6.45) is 7.61. The Kier molecular flexibility index (Phi) is 5.35. The van der Waals surface area contributed by atoms with Crippen LogP contribution in [0, 0.1) is 0 Å². The fraction of sp³-hybridized carbons (Fsp3) is 0.467. The molecule has 2 aromatic heterocycles. The summed E-state index contributed by atoms with van der Waals surface area (Å²) in [6.45, 7) is 4.21. The minimum atomic E-state index is 0.0537. The molecule has 0 spiro atoms. The predicted molar refractivity (Wildman–Crippen MR) is 82.3 cm³/mol. The van der Waals surface area contributed by atoms with Crippen LogP contribution < -0.4 is 5.32 Å². The Bertz CT molecular complexity index is 533. The molecule has 0 unspecified atom stereocenters. The minimum absolute atomic E-state index is 0.0537. The van der Waals surface area contributed by atoms with Crippen LogP contribution in [0.3, 0.4) is 0 Å². The SMILES string of the molecule is CCCC[C@H](C)NC(=O)Cc1csc(-n2cccc2)n1. The van der Waals surface area contributed by atoms with Crippen LogP contribution in [0.15, 0.2) is 29.9 Å². The second-order valence-electron chi connectivity index (χ2n) is 5.00. The van der Waals surface area contributed by atoms with Crippen LogP contribution in [0.1, 0.15) is 38.8 Å². The largest absolute Gasteiger partial charge is 0.353 e. The van der Waals surface area contributed by atoms with Crippen molar-refractivity contribution >= 4 is 17.2 Å². The molecule has 108 valence electrons. The van der Waals surface area contributed by atoms with Crippen molar-refractivity contribution in [1.29, 1.82) is 0 Å².